The SMILES string of the molecule is CCNC1CCOCC1Oc1ccc(CC)cc1. The van der Waals surface area contributed by atoms with Crippen LogP contribution in [0.4, 0.5) is 0 Å². The molecule has 1 aliphatic heterocycles. The van der Waals surface area contributed by atoms with Crippen LogP contribution in [0.3, 0.4) is 0 Å². The molecule has 1 heterocycles. The third-order valence-electron chi connectivity index (χ3n) is 3.39. The van der Waals surface area contributed by atoms with Gasteiger partial charge in [0.15, 0.2) is 0 Å². The second kappa shape index (κ2) is 6.76. The lowest BCUT2D eigenvalue weighted by Gasteiger charge is -2.32. The average molecular weight is 249 g/mol. The topological polar surface area (TPSA) is 30.5 Å². The quantitative estimate of drug-likeness (QED) is 0.869. The van der Waals surface area contributed by atoms with Gasteiger partial charge in [-0.25, -0.2) is 0 Å². The highest BCUT2D eigenvalue weighted by molar-refractivity contribution is 5.27. The van der Waals surface area contributed by atoms with Crippen LogP contribution in [0.1, 0.15) is 25.8 Å². The molecule has 1 aliphatic rings. The van der Waals surface area contributed by atoms with Crippen LogP contribution in [0.2, 0.25) is 0 Å². The fourth-order valence-corrected chi connectivity index (χ4v) is 2.30. The third kappa shape index (κ3) is 3.47. The highest BCUT2D eigenvalue weighted by Gasteiger charge is 2.26. The Morgan fingerprint density at radius 1 is 1.28 bits per heavy atom. The summed E-state index contributed by atoms with van der Waals surface area (Å²) in [5, 5.41) is 3.47. The molecular formula is C15H23NO2. The molecule has 100 valence electrons. The lowest BCUT2D eigenvalue weighted by Crippen LogP contribution is -2.49. The van der Waals surface area contributed by atoms with Crippen LogP contribution in [0.5, 0.6) is 5.75 Å². The molecule has 1 aromatic carbocycles. The molecule has 3 nitrogen and oxygen atoms in total. The van der Waals surface area contributed by atoms with Crippen molar-refractivity contribution in [3.63, 3.8) is 0 Å². The lowest BCUT2D eigenvalue weighted by atomic mass is 10.1. The van der Waals surface area contributed by atoms with Gasteiger partial charge in [-0.15, -0.1) is 0 Å². The number of nitrogens with one attached hydrogen (secondary N) is 1. The first-order chi connectivity index (χ1) is 8.83. The number of hydrogen-bond donors (Lipinski definition) is 1. The minimum Gasteiger partial charge on any atom is -0.486 e. The Labute approximate surface area is 109 Å². The summed E-state index contributed by atoms with van der Waals surface area (Å²) in [6.45, 7) is 6.76. The van der Waals surface area contributed by atoms with E-state index in [0.717, 1.165) is 31.7 Å². The number of hydrogen-bond acceptors (Lipinski definition) is 3. The van der Waals surface area contributed by atoms with Gasteiger partial charge in [-0.05, 0) is 37.1 Å². The van der Waals surface area contributed by atoms with Gasteiger partial charge in [0.1, 0.15) is 11.9 Å². The van der Waals surface area contributed by atoms with E-state index in [0.29, 0.717) is 12.6 Å². The summed E-state index contributed by atoms with van der Waals surface area (Å²) >= 11 is 0. The minimum atomic E-state index is 0.117. The van der Waals surface area contributed by atoms with Crippen molar-refractivity contribution in [3.05, 3.63) is 29.8 Å². The molecule has 0 saturated carbocycles. The number of aryl methyl sites for hydroxylation is 1. The molecule has 0 radical (unpaired) electrons. The number of ether oxygens (including phenoxy) is 2. The summed E-state index contributed by atoms with van der Waals surface area (Å²) in [6, 6.07) is 8.75. The predicted molar refractivity (Wildman–Crippen MR) is 73.1 cm³/mol. The Morgan fingerprint density at radius 2 is 2.06 bits per heavy atom. The summed E-state index contributed by atoms with van der Waals surface area (Å²) < 4.78 is 11.5. The van der Waals surface area contributed by atoms with Crippen LogP contribution < -0.4 is 10.1 Å². The molecule has 0 amide bonds. The summed E-state index contributed by atoms with van der Waals surface area (Å²) in [5.41, 5.74) is 1.34. The van der Waals surface area contributed by atoms with Gasteiger partial charge in [-0.3, -0.25) is 0 Å². The molecule has 3 heteroatoms. The van der Waals surface area contributed by atoms with E-state index < -0.39 is 0 Å². The molecule has 1 saturated heterocycles. The van der Waals surface area contributed by atoms with E-state index in [2.05, 4.69) is 43.4 Å². The molecule has 1 fully saturated rings. The van der Waals surface area contributed by atoms with E-state index in [1.54, 1.807) is 0 Å². The Hall–Kier alpha value is -1.06. The molecule has 0 spiro atoms. The maximum absolute atomic E-state index is 6.03. The van der Waals surface area contributed by atoms with Crippen molar-refractivity contribution < 1.29 is 9.47 Å². The highest BCUT2D eigenvalue weighted by Crippen LogP contribution is 2.18. The molecule has 1 N–H and O–H groups in total. The maximum Gasteiger partial charge on any atom is 0.137 e. The molecule has 1 aromatic rings. The zero-order chi connectivity index (χ0) is 12.8. The van der Waals surface area contributed by atoms with Crippen molar-refractivity contribution in [3.8, 4) is 5.75 Å². The van der Waals surface area contributed by atoms with Gasteiger partial charge >= 0.3 is 0 Å². The van der Waals surface area contributed by atoms with Gasteiger partial charge in [0.05, 0.1) is 6.61 Å². The van der Waals surface area contributed by atoms with Gasteiger partial charge in [-0.2, -0.15) is 0 Å². The summed E-state index contributed by atoms with van der Waals surface area (Å²) in [4.78, 5) is 0. The highest BCUT2D eigenvalue weighted by atomic mass is 16.5. The van der Waals surface area contributed by atoms with Crippen LogP contribution in [0.25, 0.3) is 0 Å². The Bertz CT molecular complexity index is 348. The first-order valence-corrected chi connectivity index (χ1v) is 6.90. The molecule has 0 aliphatic carbocycles. The molecule has 0 bridgehead atoms. The fourth-order valence-electron chi connectivity index (χ4n) is 2.30. The number of likely N-dealkylation sites (N-methyl/N-ethyl adjacent to an activating group) is 1. The largest absolute Gasteiger partial charge is 0.486 e. The maximum atomic E-state index is 6.03. The van der Waals surface area contributed by atoms with E-state index in [-0.39, 0.29) is 6.10 Å². The minimum absolute atomic E-state index is 0.117. The molecule has 18 heavy (non-hydrogen) atoms. The standard InChI is InChI=1S/C15H23NO2/c1-3-12-5-7-13(8-6-12)18-15-11-17-10-9-14(15)16-4-2/h5-8,14-16H,3-4,9-11H2,1-2H3. The van der Waals surface area contributed by atoms with Crippen LogP contribution >= 0.6 is 0 Å². The number of rotatable bonds is 5. The fraction of sp³-hybridized carbons (Fsp3) is 0.600. The lowest BCUT2D eigenvalue weighted by molar-refractivity contribution is -0.0143. The van der Waals surface area contributed by atoms with Crippen LogP contribution in [-0.2, 0) is 11.2 Å². The van der Waals surface area contributed by atoms with Gasteiger partial charge in [-0.1, -0.05) is 26.0 Å². The molecule has 2 atom stereocenters. The predicted octanol–water partition coefficient (Wildman–Crippen LogP) is 2.39. The van der Waals surface area contributed by atoms with Crippen molar-refractivity contribution in [1.29, 1.82) is 0 Å². The van der Waals surface area contributed by atoms with Gasteiger partial charge < -0.3 is 14.8 Å². The average Bonchev–Trinajstić information content (AvgIpc) is 2.42. The van der Waals surface area contributed by atoms with Crippen molar-refractivity contribution in [2.24, 2.45) is 0 Å². The van der Waals surface area contributed by atoms with Gasteiger partial charge in [0, 0.05) is 12.6 Å². The Kier molecular flexibility index (Phi) is 5.02. The first kappa shape index (κ1) is 13.4. The van der Waals surface area contributed by atoms with E-state index in [9.17, 15) is 0 Å². The summed E-state index contributed by atoms with van der Waals surface area (Å²) in [6.07, 6.45) is 2.20. The third-order valence-corrected chi connectivity index (χ3v) is 3.39. The van der Waals surface area contributed by atoms with Crippen molar-refractivity contribution in [1.82, 2.24) is 5.32 Å². The molecule has 2 unspecified atom stereocenters. The molecule has 2 rings (SSSR count). The first-order valence-electron chi connectivity index (χ1n) is 6.90. The Balaban J connectivity index is 1.96. The van der Waals surface area contributed by atoms with E-state index in [1.807, 2.05) is 0 Å². The zero-order valence-electron chi connectivity index (χ0n) is 11.3. The van der Waals surface area contributed by atoms with Crippen LogP contribution in [0.15, 0.2) is 24.3 Å². The van der Waals surface area contributed by atoms with Crippen molar-refractivity contribution >= 4 is 0 Å². The zero-order valence-corrected chi connectivity index (χ0v) is 11.3. The Morgan fingerprint density at radius 3 is 2.72 bits per heavy atom. The van der Waals surface area contributed by atoms with E-state index in [1.165, 1.54) is 5.56 Å². The summed E-state index contributed by atoms with van der Waals surface area (Å²) in [5.74, 6) is 0.936. The normalized spacial score (nSPS) is 23.9. The van der Waals surface area contributed by atoms with E-state index in [4.69, 9.17) is 9.47 Å². The van der Waals surface area contributed by atoms with Gasteiger partial charge in [0.2, 0.25) is 0 Å². The van der Waals surface area contributed by atoms with Crippen LogP contribution in [-0.4, -0.2) is 31.9 Å². The van der Waals surface area contributed by atoms with E-state index >= 15 is 0 Å². The second-order valence-corrected chi connectivity index (χ2v) is 4.68. The summed E-state index contributed by atoms with van der Waals surface area (Å²) in [7, 11) is 0. The monoisotopic (exact) mass is 249 g/mol. The van der Waals surface area contributed by atoms with Gasteiger partial charge in [0.25, 0.3) is 0 Å². The van der Waals surface area contributed by atoms with Crippen molar-refractivity contribution in [2.45, 2.75) is 38.8 Å². The second-order valence-electron chi connectivity index (χ2n) is 4.68. The smallest absolute Gasteiger partial charge is 0.137 e. The molecular weight excluding hydrogens is 226 g/mol. The van der Waals surface area contributed by atoms with Crippen LogP contribution in [0, 0.1) is 0 Å². The molecule has 0 aromatic heterocycles. The number of benzene rings is 1. The van der Waals surface area contributed by atoms with Crippen molar-refractivity contribution in [2.75, 3.05) is 19.8 Å².